The summed E-state index contributed by atoms with van der Waals surface area (Å²) in [6.45, 7) is 5.77. The Labute approximate surface area is 139 Å². The third kappa shape index (κ3) is 3.32. The number of amides is 1. The van der Waals surface area contributed by atoms with E-state index >= 15 is 0 Å². The van der Waals surface area contributed by atoms with E-state index in [-0.39, 0.29) is 17.5 Å². The van der Waals surface area contributed by atoms with Gasteiger partial charge in [0.2, 0.25) is 0 Å². The lowest BCUT2D eigenvalue weighted by Crippen LogP contribution is -2.46. The quantitative estimate of drug-likeness (QED) is 0.860. The Morgan fingerprint density at radius 3 is 2.75 bits per heavy atom. The highest BCUT2D eigenvalue weighted by molar-refractivity contribution is 5.92. The molecule has 0 atom stereocenters. The zero-order chi connectivity index (χ0) is 17.1. The summed E-state index contributed by atoms with van der Waals surface area (Å²) < 4.78 is 1.65. The fraction of sp³-hybridized carbons (Fsp3) is 0.500. The van der Waals surface area contributed by atoms with Crippen molar-refractivity contribution in [1.29, 1.82) is 0 Å². The maximum atomic E-state index is 12.3. The Morgan fingerprint density at radius 2 is 2.12 bits per heavy atom. The number of H-pyrrole nitrogens is 1. The molecule has 3 heterocycles. The average molecular weight is 330 g/mol. The second-order valence-electron chi connectivity index (χ2n) is 5.96. The topological polar surface area (TPSA) is 95.9 Å². The van der Waals surface area contributed by atoms with Gasteiger partial charge in [-0.15, -0.1) is 0 Å². The molecule has 128 valence electrons. The summed E-state index contributed by atoms with van der Waals surface area (Å²) in [6.07, 6.45) is 6.46. The van der Waals surface area contributed by atoms with E-state index in [0.29, 0.717) is 31.1 Å². The van der Waals surface area contributed by atoms with Crippen molar-refractivity contribution in [3.63, 3.8) is 0 Å². The molecule has 1 aliphatic heterocycles. The van der Waals surface area contributed by atoms with E-state index < -0.39 is 0 Å². The van der Waals surface area contributed by atoms with Gasteiger partial charge in [0.05, 0.1) is 6.20 Å². The van der Waals surface area contributed by atoms with Crippen LogP contribution in [-0.4, -0.2) is 44.6 Å². The van der Waals surface area contributed by atoms with Gasteiger partial charge in [0, 0.05) is 38.1 Å². The molecule has 0 unspecified atom stereocenters. The Morgan fingerprint density at radius 1 is 1.38 bits per heavy atom. The van der Waals surface area contributed by atoms with Crippen LogP contribution in [0.15, 0.2) is 23.4 Å². The monoisotopic (exact) mass is 330 g/mol. The van der Waals surface area contributed by atoms with Crippen molar-refractivity contribution in [2.45, 2.75) is 39.3 Å². The van der Waals surface area contributed by atoms with E-state index in [0.717, 1.165) is 18.7 Å². The summed E-state index contributed by atoms with van der Waals surface area (Å²) in [5, 5.41) is 3.02. The van der Waals surface area contributed by atoms with E-state index in [1.54, 1.807) is 23.2 Å². The highest BCUT2D eigenvalue weighted by atomic mass is 16.2. The number of aromatic nitrogens is 4. The molecule has 0 saturated carbocycles. The average Bonchev–Trinajstić information content (AvgIpc) is 3.03. The van der Waals surface area contributed by atoms with Gasteiger partial charge >= 0.3 is 0 Å². The first-order valence-electron chi connectivity index (χ1n) is 8.21. The van der Waals surface area contributed by atoms with Crippen LogP contribution in [-0.2, 0) is 6.54 Å². The summed E-state index contributed by atoms with van der Waals surface area (Å²) >= 11 is 0. The largest absolute Gasteiger partial charge is 0.352 e. The Balaban J connectivity index is 1.60. The Hall–Kier alpha value is -2.64. The number of aromatic amines is 1. The fourth-order valence-corrected chi connectivity index (χ4v) is 2.94. The number of hydrogen-bond acceptors (Lipinski definition) is 5. The first-order chi connectivity index (χ1) is 11.6. The van der Waals surface area contributed by atoms with Gasteiger partial charge in [-0.2, -0.15) is 0 Å². The summed E-state index contributed by atoms with van der Waals surface area (Å²) in [5.74, 6) is 1.07. The molecule has 1 fully saturated rings. The first-order valence-corrected chi connectivity index (χ1v) is 8.21. The van der Waals surface area contributed by atoms with Crippen LogP contribution in [0.25, 0.3) is 0 Å². The standard InChI is InChI=1S/C16H22N6O2/c1-3-21-9-6-17-14(16(21)24)22-7-4-12(5-8-22)20-15(23)13-10-18-11(2)19-13/h6,9-10,12H,3-5,7-8H2,1-2H3,(H,18,19)(H,20,23). The number of piperidine rings is 1. The zero-order valence-corrected chi connectivity index (χ0v) is 14.0. The third-order valence-electron chi connectivity index (χ3n) is 4.31. The van der Waals surface area contributed by atoms with E-state index in [9.17, 15) is 9.59 Å². The lowest BCUT2D eigenvalue weighted by atomic mass is 10.0. The van der Waals surface area contributed by atoms with Crippen LogP contribution in [0.3, 0.4) is 0 Å². The van der Waals surface area contributed by atoms with Crippen LogP contribution < -0.4 is 15.8 Å². The minimum Gasteiger partial charge on any atom is -0.352 e. The number of nitrogens with zero attached hydrogens (tertiary/aromatic N) is 4. The van der Waals surface area contributed by atoms with Crippen LogP contribution in [0.4, 0.5) is 5.82 Å². The summed E-state index contributed by atoms with van der Waals surface area (Å²) in [5.41, 5.74) is 0.418. The van der Waals surface area contributed by atoms with Crippen LogP contribution in [0.1, 0.15) is 36.1 Å². The zero-order valence-electron chi connectivity index (χ0n) is 14.0. The normalized spacial score (nSPS) is 15.5. The lowest BCUT2D eigenvalue weighted by molar-refractivity contribution is 0.0926. The Bertz CT molecular complexity index is 773. The molecule has 24 heavy (non-hydrogen) atoms. The van der Waals surface area contributed by atoms with Gasteiger partial charge in [0.15, 0.2) is 5.82 Å². The van der Waals surface area contributed by atoms with E-state index in [4.69, 9.17) is 0 Å². The number of carbonyl (C=O) groups is 1. The molecule has 0 aromatic carbocycles. The molecule has 2 N–H and O–H groups in total. The third-order valence-corrected chi connectivity index (χ3v) is 4.31. The summed E-state index contributed by atoms with van der Waals surface area (Å²) in [7, 11) is 0. The molecule has 0 aliphatic carbocycles. The van der Waals surface area contributed by atoms with Crippen molar-refractivity contribution >= 4 is 11.7 Å². The van der Waals surface area contributed by atoms with Gasteiger partial charge in [0.1, 0.15) is 11.5 Å². The van der Waals surface area contributed by atoms with Crippen LogP contribution in [0, 0.1) is 6.92 Å². The minimum atomic E-state index is -0.139. The Kier molecular flexibility index (Phi) is 4.64. The van der Waals surface area contributed by atoms with Gasteiger partial charge in [0.25, 0.3) is 11.5 Å². The van der Waals surface area contributed by atoms with E-state index in [1.165, 1.54) is 0 Å². The van der Waals surface area contributed by atoms with Crippen molar-refractivity contribution in [3.8, 4) is 0 Å². The SMILES string of the molecule is CCn1ccnc(N2CCC(NC(=O)c3cnc(C)[nH]3)CC2)c1=O. The lowest BCUT2D eigenvalue weighted by Gasteiger charge is -2.32. The maximum Gasteiger partial charge on any atom is 0.293 e. The van der Waals surface area contributed by atoms with Gasteiger partial charge in [-0.3, -0.25) is 9.59 Å². The second kappa shape index (κ2) is 6.86. The van der Waals surface area contributed by atoms with Crippen LogP contribution in [0.2, 0.25) is 0 Å². The maximum absolute atomic E-state index is 12.3. The molecule has 8 heteroatoms. The number of hydrogen-bond donors (Lipinski definition) is 2. The van der Waals surface area contributed by atoms with Crippen molar-refractivity contribution in [3.05, 3.63) is 40.5 Å². The molecule has 2 aromatic rings. The predicted molar refractivity (Wildman–Crippen MR) is 90.2 cm³/mol. The number of aryl methyl sites for hydroxylation is 2. The number of nitrogens with one attached hydrogen (secondary N) is 2. The first kappa shape index (κ1) is 16.2. The van der Waals surface area contributed by atoms with Crippen molar-refractivity contribution in [2.24, 2.45) is 0 Å². The van der Waals surface area contributed by atoms with Crippen LogP contribution >= 0.6 is 0 Å². The van der Waals surface area contributed by atoms with Crippen molar-refractivity contribution in [2.75, 3.05) is 18.0 Å². The molecule has 1 amide bonds. The van der Waals surface area contributed by atoms with E-state index in [2.05, 4.69) is 20.3 Å². The van der Waals surface area contributed by atoms with Gasteiger partial charge in [-0.1, -0.05) is 0 Å². The molecule has 0 bridgehead atoms. The second-order valence-corrected chi connectivity index (χ2v) is 5.96. The van der Waals surface area contributed by atoms with Crippen molar-refractivity contribution in [1.82, 2.24) is 24.8 Å². The highest BCUT2D eigenvalue weighted by Gasteiger charge is 2.24. The molecule has 1 saturated heterocycles. The highest BCUT2D eigenvalue weighted by Crippen LogP contribution is 2.15. The molecule has 3 rings (SSSR count). The number of imidazole rings is 1. The molecular weight excluding hydrogens is 308 g/mol. The molecule has 2 aromatic heterocycles. The number of anilines is 1. The van der Waals surface area contributed by atoms with Gasteiger partial charge in [-0.25, -0.2) is 9.97 Å². The molecular formula is C16H22N6O2. The summed E-state index contributed by atoms with van der Waals surface area (Å²) in [6, 6.07) is 0.0921. The summed E-state index contributed by atoms with van der Waals surface area (Å²) in [4.78, 5) is 37.7. The number of carbonyl (C=O) groups excluding carboxylic acids is 1. The smallest absolute Gasteiger partial charge is 0.293 e. The van der Waals surface area contributed by atoms with E-state index in [1.807, 2.05) is 18.7 Å². The van der Waals surface area contributed by atoms with Gasteiger partial charge in [-0.05, 0) is 26.7 Å². The fourth-order valence-electron chi connectivity index (χ4n) is 2.94. The molecule has 0 spiro atoms. The van der Waals surface area contributed by atoms with Gasteiger partial charge < -0.3 is 19.8 Å². The van der Waals surface area contributed by atoms with Crippen molar-refractivity contribution < 1.29 is 4.79 Å². The minimum absolute atomic E-state index is 0.0598. The molecule has 0 radical (unpaired) electrons. The molecule has 1 aliphatic rings. The van der Waals surface area contributed by atoms with Crippen LogP contribution in [0.5, 0.6) is 0 Å². The molecule has 8 nitrogen and oxygen atoms in total. The number of rotatable bonds is 4. The predicted octanol–water partition coefficient (Wildman–Crippen LogP) is 0.694.